The fourth-order valence-electron chi connectivity index (χ4n) is 1.92. The Balaban J connectivity index is 2.19. The van der Waals surface area contributed by atoms with E-state index in [0.717, 1.165) is 19.0 Å². The van der Waals surface area contributed by atoms with Crippen LogP contribution in [0, 0.1) is 5.82 Å². The van der Waals surface area contributed by atoms with E-state index in [9.17, 15) is 4.39 Å². The molecule has 0 amide bonds. The third-order valence-electron chi connectivity index (χ3n) is 2.93. The van der Waals surface area contributed by atoms with E-state index >= 15 is 0 Å². The molecule has 7 heteroatoms. The van der Waals surface area contributed by atoms with Crippen molar-refractivity contribution in [2.45, 2.75) is 18.9 Å². The zero-order valence-corrected chi connectivity index (χ0v) is 9.69. The second-order valence-corrected chi connectivity index (χ2v) is 3.96. The maximum Gasteiger partial charge on any atom is 0.239 e. The van der Waals surface area contributed by atoms with Gasteiger partial charge in [0.25, 0.3) is 0 Å². The summed E-state index contributed by atoms with van der Waals surface area (Å²) in [5.41, 5.74) is 2.31. The maximum atomic E-state index is 13.6. The first-order valence-electron chi connectivity index (χ1n) is 5.52. The fraction of sp³-hybridized carbons (Fsp3) is 0.600. The molecular weight excluding hydrogens is 225 g/mol. The Kier molecular flexibility index (Phi) is 3.70. The molecule has 1 saturated heterocycles. The summed E-state index contributed by atoms with van der Waals surface area (Å²) in [7, 11) is 1.82. The van der Waals surface area contributed by atoms with Crippen molar-refractivity contribution in [2.24, 2.45) is 5.84 Å². The summed E-state index contributed by atoms with van der Waals surface area (Å²) >= 11 is 0. The van der Waals surface area contributed by atoms with E-state index in [1.165, 1.54) is 0 Å². The number of nitrogen functional groups attached to an aromatic ring is 1. The fourth-order valence-corrected chi connectivity index (χ4v) is 1.92. The van der Waals surface area contributed by atoms with E-state index < -0.39 is 5.82 Å². The Morgan fingerprint density at radius 1 is 1.53 bits per heavy atom. The largest absolute Gasteiger partial charge is 0.381 e. The molecule has 1 aliphatic heterocycles. The molecule has 17 heavy (non-hydrogen) atoms. The third kappa shape index (κ3) is 2.62. The average Bonchev–Trinajstić information content (AvgIpc) is 2.39. The van der Waals surface area contributed by atoms with Crippen LogP contribution in [0.5, 0.6) is 0 Å². The van der Waals surface area contributed by atoms with Crippen LogP contribution in [-0.4, -0.2) is 36.3 Å². The SMILES string of the molecule is CN(c1nc(NN)ncc1F)C1CCOCC1. The van der Waals surface area contributed by atoms with E-state index in [1.54, 1.807) is 0 Å². The number of hydrogen-bond acceptors (Lipinski definition) is 6. The van der Waals surface area contributed by atoms with Crippen LogP contribution >= 0.6 is 0 Å². The molecule has 0 radical (unpaired) electrons. The summed E-state index contributed by atoms with van der Waals surface area (Å²) < 4.78 is 18.9. The average molecular weight is 241 g/mol. The van der Waals surface area contributed by atoms with Crippen molar-refractivity contribution in [2.75, 3.05) is 30.6 Å². The topological polar surface area (TPSA) is 76.3 Å². The summed E-state index contributed by atoms with van der Waals surface area (Å²) in [5.74, 6) is 5.24. The van der Waals surface area contributed by atoms with Crippen molar-refractivity contribution < 1.29 is 9.13 Å². The molecular formula is C10H16FN5O. The van der Waals surface area contributed by atoms with Gasteiger partial charge in [0, 0.05) is 26.3 Å². The highest BCUT2D eigenvalue weighted by Gasteiger charge is 2.22. The van der Waals surface area contributed by atoms with Crippen LogP contribution in [0.3, 0.4) is 0 Å². The van der Waals surface area contributed by atoms with Crippen LogP contribution in [0.1, 0.15) is 12.8 Å². The predicted octanol–water partition coefficient (Wildman–Crippen LogP) is 0.516. The third-order valence-corrected chi connectivity index (χ3v) is 2.93. The zero-order chi connectivity index (χ0) is 12.3. The van der Waals surface area contributed by atoms with Gasteiger partial charge in [0.1, 0.15) is 0 Å². The van der Waals surface area contributed by atoms with Crippen LogP contribution in [0.4, 0.5) is 16.2 Å². The number of anilines is 2. The normalized spacial score (nSPS) is 16.9. The van der Waals surface area contributed by atoms with Crippen molar-refractivity contribution in [1.82, 2.24) is 9.97 Å². The van der Waals surface area contributed by atoms with Gasteiger partial charge in [-0.25, -0.2) is 15.2 Å². The summed E-state index contributed by atoms with van der Waals surface area (Å²) in [5, 5.41) is 0. The van der Waals surface area contributed by atoms with E-state index in [4.69, 9.17) is 10.6 Å². The highest BCUT2D eigenvalue weighted by molar-refractivity contribution is 5.43. The van der Waals surface area contributed by atoms with Gasteiger partial charge in [-0.1, -0.05) is 0 Å². The van der Waals surface area contributed by atoms with Crippen LogP contribution in [0.25, 0.3) is 0 Å². The molecule has 0 spiro atoms. The Morgan fingerprint density at radius 3 is 2.88 bits per heavy atom. The number of aromatic nitrogens is 2. The molecule has 94 valence electrons. The van der Waals surface area contributed by atoms with Gasteiger partial charge >= 0.3 is 0 Å². The first-order valence-corrected chi connectivity index (χ1v) is 5.52. The van der Waals surface area contributed by atoms with Crippen molar-refractivity contribution in [3.8, 4) is 0 Å². The van der Waals surface area contributed by atoms with Gasteiger partial charge < -0.3 is 9.64 Å². The molecule has 0 saturated carbocycles. The Morgan fingerprint density at radius 2 is 2.24 bits per heavy atom. The minimum atomic E-state index is -0.446. The van der Waals surface area contributed by atoms with Gasteiger partial charge in [-0.05, 0) is 12.8 Å². The molecule has 6 nitrogen and oxygen atoms in total. The number of hydrazine groups is 1. The van der Waals surface area contributed by atoms with E-state index in [1.807, 2.05) is 11.9 Å². The second kappa shape index (κ2) is 5.24. The number of rotatable bonds is 3. The number of nitrogens with one attached hydrogen (secondary N) is 1. The van der Waals surface area contributed by atoms with Crippen molar-refractivity contribution in [3.63, 3.8) is 0 Å². The van der Waals surface area contributed by atoms with Crippen molar-refractivity contribution in [3.05, 3.63) is 12.0 Å². The smallest absolute Gasteiger partial charge is 0.239 e. The molecule has 3 N–H and O–H groups in total. The number of halogens is 1. The molecule has 0 aromatic carbocycles. The summed E-state index contributed by atoms with van der Waals surface area (Å²) in [6, 6.07) is 0.235. The monoisotopic (exact) mass is 241 g/mol. The van der Waals surface area contributed by atoms with Gasteiger partial charge in [-0.15, -0.1) is 0 Å². The second-order valence-electron chi connectivity index (χ2n) is 3.96. The molecule has 1 aromatic heterocycles. The summed E-state index contributed by atoms with van der Waals surface area (Å²) in [6.45, 7) is 1.40. The lowest BCUT2D eigenvalue weighted by Crippen LogP contribution is -2.37. The molecule has 0 atom stereocenters. The molecule has 1 aliphatic rings. The van der Waals surface area contributed by atoms with Crippen LogP contribution < -0.4 is 16.2 Å². The summed E-state index contributed by atoms with van der Waals surface area (Å²) in [6.07, 6.45) is 2.85. The number of nitrogens with two attached hydrogens (primary N) is 1. The molecule has 2 rings (SSSR count). The lowest BCUT2D eigenvalue weighted by molar-refractivity contribution is 0.0852. The van der Waals surface area contributed by atoms with Gasteiger partial charge in [0.15, 0.2) is 11.6 Å². The van der Waals surface area contributed by atoms with Gasteiger partial charge in [0.2, 0.25) is 5.95 Å². The molecule has 0 aliphatic carbocycles. The predicted molar refractivity (Wildman–Crippen MR) is 62.0 cm³/mol. The quantitative estimate of drug-likeness (QED) is 0.593. The first-order chi connectivity index (χ1) is 8.22. The van der Waals surface area contributed by atoms with E-state index in [0.29, 0.717) is 13.2 Å². The van der Waals surface area contributed by atoms with Crippen molar-refractivity contribution >= 4 is 11.8 Å². The van der Waals surface area contributed by atoms with E-state index in [2.05, 4.69) is 15.4 Å². The number of ether oxygens (including phenoxy) is 1. The molecule has 1 fully saturated rings. The lowest BCUT2D eigenvalue weighted by atomic mass is 10.1. The highest BCUT2D eigenvalue weighted by atomic mass is 19.1. The van der Waals surface area contributed by atoms with Gasteiger partial charge in [0.05, 0.1) is 6.20 Å². The van der Waals surface area contributed by atoms with Crippen LogP contribution in [-0.2, 0) is 4.74 Å². The Hall–Kier alpha value is -1.47. The molecule has 1 aromatic rings. The van der Waals surface area contributed by atoms with Crippen LogP contribution in [0.2, 0.25) is 0 Å². The zero-order valence-electron chi connectivity index (χ0n) is 9.69. The Bertz CT molecular complexity index is 383. The maximum absolute atomic E-state index is 13.6. The number of hydrogen-bond donors (Lipinski definition) is 2. The highest BCUT2D eigenvalue weighted by Crippen LogP contribution is 2.22. The summed E-state index contributed by atoms with van der Waals surface area (Å²) in [4.78, 5) is 9.56. The van der Waals surface area contributed by atoms with Gasteiger partial charge in [-0.3, -0.25) is 5.43 Å². The van der Waals surface area contributed by atoms with Gasteiger partial charge in [-0.2, -0.15) is 4.98 Å². The lowest BCUT2D eigenvalue weighted by Gasteiger charge is -2.32. The van der Waals surface area contributed by atoms with Crippen molar-refractivity contribution in [1.29, 1.82) is 0 Å². The standard InChI is InChI=1S/C10H16FN5O/c1-16(7-2-4-17-5-3-7)9-8(11)6-13-10(14-9)15-12/h6-7H,2-5,12H2,1H3,(H,13,14,15). The Labute approximate surface area is 99.0 Å². The molecule has 0 unspecified atom stereocenters. The first kappa shape index (κ1) is 12.0. The minimum Gasteiger partial charge on any atom is -0.381 e. The molecule has 0 bridgehead atoms. The number of nitrogens with zero attached hydrogens (tertiary/aromatic N) is 3. The molecule has 2 heterocycles. The minimum absolute atomic E-state index is 0.209. The van der Waals surface area contributed by atoms with E-state index in [-0.39, 0.29) is 17.8 Å². The van der Waals surface area contributed by atoms with Crippen LogP contribution in [0.15, 0.2) is 6.20 Å².